The molecule has 0 atom stereocenters. The first-order valence-corrected chi connectivity index (χ1v) is 7.75. The quantitative estimate of drug-likeness (QED) is 0.822. The zero-order valence-electron chi connectivity index (χ0n) is 11.7. The van der Waals surface area contributed by atoms with Crippen molar-refractivity contribution >= 4 is 29.3 Å². The smallest absolute Gasteiger partial charge is 0.313 e. The third kappa shape index (κ3) is 4.44. The summed E-state index contributed by atoms with van der Waals surface area (Å²) >= 11 is 6.93. The molecule has 0 aliphatic heterocycles. The van der Waals surface area contributed by atoms with Crippen molar-refractivity contribution in [1.29, 1.82) is 0 Å². The molecular weight excluding hydrogens is 312 g/mol. The van der Waals surface area contributed by atoms with E-state index >= 15 is 0 Å². The monoisotopic (exact) mass is 326 g/mol. The highest BCUT2D eigenvalue weighted by Gasteiger charge is 2.14. The lowest BCUT2D eigenvalue weighted by molar-refractivity contribution is -0.133. The molecule has 0 aliphatic carbocycles. The minimum atomic E-state index is -0.875. The molecule has 2 rings (SSSR count). The normalized spacial score (nSPS) is 11.0. The maximum absolute atomic E-state index is 10.8. The third-order valence-corrected chi connectivity index (χ3v) is 3.70. The van der Waals surface area contributed by atoms with E-state index in [-0.39, 0.29) is 5.75 Å². The van der Waals surface area contributed by atoms with E-state index in [0.29, 0.717) is 16.9 Å². The van der Waals surface area contributed by atoms with Gasteiger partial charge in [-0.1, -0.05) is 37.2 Å². The summed E-state index contributed by atoms with van der Waals surface area (Å²) in [4.78, 5) is 10.8. The van der Waals surface area contributed by atoms with Crippen molar-refractivity contribution in [2.75, 3.05) is 5.75 Å². The van der Waals surface area contributed by atoms with E-state index in [1.807, 2.05) is 6.07 Å². The standard InChI is InChI=1S/C13H15ClN4O2S/c1-8(2)5-9-6-12(21-7-13(19)20)18(17-9)11-4-3-10(14)15-16-11/h3-4,6,8H,5,7H2,1-2H3,(H,19,20). The molecule has 8 heteroatoms. The second kappa shape index (κ2) is 6.91. The van der Waals surface area contributed by atoms with E-state index in [1.54, 1.807) is 16.8 Å². The summed E-state index contributed by atoms with van der Waals surface area (Å²) in [5.41, 5.74) is 0.898. The van der Waals surface area contributed by atoms with Gasteiger partial charge in [0.25, 0.3) is 0 Å². The lowest BCUT2D eigenvalue weighted by Gasteiger charge is -2.04. The van der Waals surface area contributed by atoms with Crippen molar-refractivity contribution in [2.45, 2.75) is 25.3 Å². The topological polar surface area (TPSA) is 80.9 Å². The molecular formula is C13H15ClN4O2S. The SMILES string of the molecule is CC(C)Cc1cc(SCC(=O)O)n(-c2ccc(Cl)nn2)n1. The second-order valence-corrected chi connectivity index (χ2v) is 6.26. The van der Waals surface area contributed by atoms with Gasteiger partial charge < -0.3 is 5.11 Å². The van der Waals surface area contributed by atoms with Crippen LogP contribution in [0.1, 0.15) is 19.5 Å². The Balaban J connectivity index is 2.33. The van der Waals surface area contributed by atoms with Gasteiger partial charge in [-0.2, -0.15) is 5.10 Å². The molecule has 21 heavy (non-hydrogen) atoms. The van der Waals surface area contributed by atoms with Crippen LogP contribution in [-0.2, 0) is 11.2 Å². The van der Waals surface area contributed by atoms with Crippen molar-refractivity contribution in [1.82, 2.24) is 20.0 Å². The highest BCUT2D eigenvalue weighted by atomic mass is 35.5. The highest BCUT2D eigenvalue weighted by molar-refractivity contribution is 7.99. The molecule has 2 aromatic heterocycles. The molecule has 0 amide bonds. The van der Waals surface area contributed by atoms with Crippen LogP contribution in [-0.4, -0.2) is 36.8 Å². The van der Waals surface area contributed by atoms with Crippen LogP contribution in [0.3, 0.4) is 0 Å². The lowest BCUT2D eigenvalue weighted by atomic mass is 10.1. The molecule has 0 radical (unpaired) electrons. The van der Waals surface area contributed by atoms with Gasteiger partial charge in [-0.3, -0.25) is 4.79 Å². The van der Waals surface area contributed by atoms with Crippen LogP contribution < -0.4 is 0 Å². The molecule has 6 nitrogen and oxygen atoms in total. The number of nitrogens with zero attached hydrogens (tertiary/aromatic N) is 4. The number of aliphatic carboxylic acids is 1. The van der Waals surface area contributed by atoms with Gasteiger partial charge in [0.15, 0.2) is 11.0 Å². The molecule has 0 spiro atoms. The van der Waals surface area contributed by atoms with Crippen LogP contribution in [0.5, 0.6) is 0 Å². The molecule has 0 saturated heterocycles. The summed E-state index contributed by atoms with van der Waals surface area (Å²) in [6.45, 7) is 4.20. The number of carboxylic acid groups (broad SMARTS) is 1. The first kappa shape index (κ1) is 15.8. The largest absolute Gasteiger partial charge is 0.481 e. The number of carbonyl (C=O) groups is 1. The van der Waals surface area contributed by atoms with Crippen LogP contribution in [0, 0.1) is 5.92 Å². The van der Waals surface area contributed by atoms with Crippen LogP contribution >= 0.6 is 23.4 Å². The first-order chi connectivity index (χ1) is 9.95. The Morgan fingerprint density at radius 1 is 1.43 bits per heavy atom. The molecule has 0 saturated carbocycles. The predicted molar refractivity (Wildman–Crippen MR) is 81.1 cm³/mol. The summed E-state index contributed by atoms with van der Waals surface area (Å²) < 4.78 is 1.61. The molecule has 1 N–H and O–H groups in total. The van der Waals surface area contributed by atoms with E-state index in [9.17, 15) is 4.79 Å². The van der Waals surface area contributed by atoms with Crippen LogP contribution in [0.4, 0.5) is 0 Å². The highest BCUT2D eigenvalue weighted by Crippen LogP contribution is 2.23. The molecule has 0 bridgehead atoms. The zero-order valence-corrected chi connectivity index (χ0v) is 13.2. The molecule has 2 aromatic rings. The van der Waals surface area contributed by atoms with Crippen molar-refractivity contribution in [3.8, 4) is 5.82 Å². The van der Waals surface area contributed by atoms with Crippen LogP contribution in [0.15, 0.2) is 23.2 Å². The van der Waals surface area contributed by atoms with Gasteiger partial charge in [0.2, 0.25) is 0 Å². The fourth-order valence-electron chi connectivity index (χ4n) is 1.75. The molecule has 0 unspecified atom stereocenters. The first-order valence-electron chi connectivity index (χ1n) is 6.39. The van der Waals surface area contributed by atoms with Crippen LogP contribution in [0.2, 0.25) is 5.15 Å². The van der Waals surface area contributed by atoms with Gasteiger partial charge in [0.1, 0.15) is 5.03 Å². The Morgan fingerprint density at radius 3 is 2.76 bits per heavy atom. The zero-order chi connectivity index (χ0) is 15.4. The molecule has 0 fully saturated rings. The number of hydrogen-bond donors (Lipinski definition) is 1. The summed E-state index contributed by atoms with van der Waals surface area (Å²) in [6.07, 6.45) is 0.814. The number of halogens is 1. The fraction of sp³-hybridized carbons (Fsp3) is 0.385. The fourth-order valence-corrected chi connectivity index (χ4v) is 2.60. The lowest BCUT2D eigenvalue weighted by Crippen LogP contribution is -2.05. The summed E-state index contributed by atoms with van der Waals surface area (Å²) in [7, 11) is 0. The van der Waals surface area contributed by atoms with Gasteiger partial charge in [0, 0.05) is 0 Å². The third-order valence-electron chi connectivity index (χ3n) is 2.52. The van der Waals surface area contributed by atoms with E-state index in [0.717, 1.165) is 17.1 Å². The van der Waals surface area contributed by atoms with Gasteiger partial charge in [-0.05, 0) is 30.5 Å². The second-order valence-electron chi connectivity index (χ2n) is 4.88. The summed E-state index contributed by atoms with van der Waals surface area (Å²) in [6, 6.07) is 5.22. The number of aromatic nitrogens is 4. The summed E-state index contributed by atoms with van der Waals surface area (Å²) in [5, 5.41) is 22.1. The Kier molecular flexibility index (Phi) is 5.19. The van der Waals surface area contributed by atoms with Gasteiger partial charge in [0.05, 0.1) is 11.4 Å². The Labute approximate surface area is 131 Å². The minimum Gasteiger partial charge on any atom is -0.481 e. The minimum absolute atomic E-state index is 0.0339. The Hall–Kier alpha value is -1.60. The molecule has 112 valence electrons. The van der Waals surface area contributed by atoms with Crippen molar-refractivity contribution in [3.63, 3.8) is 0 Å². The Morgan fingerprint density at radius 2 is 2.19 bits per heavy atom. The van der Waals surface area contributed by atoms with Crippen LogP contribution in [0.25, 0.3) is 5.82 Å². The van der Waals surface area contributed by atoms with E-state index < -0.39 is 5.97 Å². The van der Waals surface area contributed by atoms with Gasteiger partial charge >= 0.3 is 5.97 Å². The number of carboxylic acids is 1. The average Bonchev–Trinajstić information content (AvgIpc) is 2.79. The molecule has 2 heterocycles. The maximum Gasteiger partial charge on any atom is 0.313 e. The van der Waals surface area contributed by atoms with Crippen molar-refractivity contribution in [2.24, 2.45) is 5.92 Å². The van der Waals surface area contributed by atoms with E-state index in [4.69, 9.17) is 16.7 Å². The van der Waals surface area contributed by atoms with Gasteiger partial charge in [-0.15, -0.1) is 10.2 Å². The average molecular weight is 327 g/mol. The maximum atomic E-state index is 10.8. The van der Waals surface area contributed by atoms with E-state index in [1.165, 1.54) is 11.8 Å². The molecule has 0 aromatic carbocycles. The van der Waals surface area contributed by atoms with Crippen molar-refractivity contribution in [3.05, 3.63) is 29.0 Å². The number of rotatable bonds is 6. The Bertz CT molecular complexity index is 628. The predicted octanol–water partition coefficient (Wildman–Crippen LogP) is 2.69. The number of hydrogen-bond acceptors (Lipinski definition) is 5. The summed E-state index contributed by atoms with van der Waals surface area (Å²) in [5.74, 6) is 0.0676. The molecule has 0 aliphatic rings. The van der Waals surface area contributed by atoms with Crippen molar-refractivity contribution < 1.29 is 9.90 Å². The van der Waals surface area contributed by atoms with Gasteiger partial charge in [-0.25, -0.2) is 4.68 Å². The van der Waals surface area contributed by atoms with E-state index in [2.05, 4.69) is 29.1 Å². The number of thioether (sulfide) groups is 1.